The molecule has 6 nitrogen and oxygen atoms in total. The summed E-state index contributed by atoms with van der Waals surface area (Å²) in [5.74, 6) is -0.986. The average Bonchev–Trinajstić information content (AvgIpc) is 3.09. The van der Waals surface area contributed by atoms with E-state index < -0.39 is 41.4 Å². The predicted molar refractivity (Wildman–Crippen MR) is 131 cm³/mol. The molecule has 0 fully saturated rings. The van der Waals surface area contributed by atoms with E-state index in [0.717, 1.165) is 33.7 Å². The van der Waals surface area contributed by atoms with Crippen LogP contribution in [0, 0.1) is 12.3 Å². The second kappa shape index (κ2) is 11.2. The molecule has 1 aromatic heterocycles. The summed E-state index contributed by atoms with van der Waals surface area (Å²) in [7, 11) is 1.38. The molecule has 0 aliphatic rings. The van der Waals surface area contributed by atoms with Crippen molar-refractivity contribution in [1.82, 2.24) is 9.47 Å². The third-order valence-corrected chi connectivity index (χ3v) is 5.88. The lowest BCUT2D eigenvalue weighted by Crippen LogP contribution is -2.39. The summed E-state index contributed by atoms with van der Waals surface area (Å²) in [6, 6.07) is 12.5. The Bertz CT molecular complexity index is 1280. The molecule has 0 bridgehead atoms. The van der Waals surface area contributed by atoms with E-state index >= 15 is 0 Å². The Morgan fingerprint density at radius 2 is 1.56 bits per heavy atom. The minimum Gasteiger partial charge on any atom is -0.406 e. The third kappa shape index (κ3) is 7.47. The molecule has 39 heavy (non-hydrogen) atoms. The van der Waals surface area contributed by atoms with Crippen molar-refractivity contribution in [2.75, 3.05) is 20.2 Å². The molecule has 1 heterocycles. The van der Waals surface area contributed by atoms with E-state index in [1.54, 1.807) is 44.2 Å². The number of aliphatic hydroxyl groups excluding tert-OH is 1. The van der Waals surface area contributed by atoms with Crippen LogP contribution in [0.3, 0.4) is 0 Å². The number of aromatic nitrogens is 1. The summed E-state index contributed by atoms with van der Waals surface area (Å²) >= 11 is 0. The Morgan fingerprint density at radius 1 is 0.974 bits per heavy atom. The number of nitrogens with zero attached hydrogens (tertiary/aromatic N) is 2. The molecule has 2 aromatic carbocycles. The van der Waals surface area contributed by atoms with E-state index in [-0.39, 0.29) is 36.4 Å². The number of rotatable bonds is 8. The molecule has 0 saturated heterocycles. The fraction of sp³-hybridized carbons (Fsp3) is 0.370. The van der Waals surface area contributed by atoms with Crippen molar-refractivity contribution >= 4 is 6.09 Å². The lowest BCUT2D eigenvalue weighted by atomic mass is 9.94. The number of alkyl halides is 6. The Kier molecular flexibility index (Phi) is 8.59. The van der Waals surface area contributed by atoms with Gasteiger partial charge in [-0.2, -0.15) is 13.2 Å². The average molecular weight is 559 g/mol. The highest BCUT2D eigenvalue weighted by Crippen LogP contribution is 2.45. The minimum absolute atomic E-state index is 0.0334. The molecular weight excluding hydrogens is 530 g/mol. The Hall–Kier alpha value is -3.67. The lowest BCUT2D eigenvalue weighted by Gasteiger charge is -2.28. The number of carbonyl (C=O) groups excluding carboxylic acids is 1. The minimum atomic E-state index is -4.95. The standard InChI is InChI=1S/C27H28F6N2O4/c1-17-21(19-10-12-20(13-11-19)39-27(31,32)33)23(38-24(37)34(4)15-25(2,3)16-36)35(22(17)26(28,29)30)14-18-8-6-5-7-9-18/h5-13,36H,14-16H2,1-4H3. The van der Waals surface area contributed by atoms with Crippen molar-refractivity contribution in [3.8, 4) is 22.8 Å². The first-order chi connectivity index (χ1) is 18.0. The van der Waals surface area contributed by atoms with Gasteiger partial charge in [-0.1, -0.05) is 56.3 Å². The number of ether oxygens (including phenoxy) is 2. The van der Waals surface area contributed by atoms with Gasteiger partial charge in [-0.25, -0.2) is 4.79 Å². The number of benzene rings is 2. The highest BCUT2D eigenvalue weighted by Gasteiger charge is 2.41. The highest BCUT2D eigenvalue weighted by atomic mass is 19.4. The second-order valence-electron chi connectivity index (χ2n) is 9.84. The molecule has 0 aliphatic carbocycles. The van der Waals surface area contributed by atoms with Crippen LogP contribution in [0.2, 0.25) is 0 Å². The van der Waals surface area contributed by atoms with E-state index in [4.69, 9.17) is 4.74 Å². The van der Waals surface area contributed by atoms with Crippen LogP contribution in [0.15, 0.2) is 54.6 Å². The maximum Gasteiger partial charge on any atom is 0.573 e. The molecule has 0 spiro atoms. The van der Waals surface area contributed by atoms with Crippen molar-refractivity contribution in [2.45, 2.75) is 39.9 Å². The normalized spacial score (nSPS) is 12.4. The number of hydrogen-bond donors (Lipinski definition) is 1. The van der Waals surface area contributed by atoms with Gasteiger partial charge in [0.1, 0.15) is 11.4 Å². The van der Waals surface area contributed by atoms with Gasteiger partial charge >= 0.3 is 18.6 Å². The van der Waals surface area contributed by atoms with Crippen LogP contribution in [0.1, 0.15) is 30.7 Å². The molecule has 3 aromatic rings. The van der Waals surface area contributed by atoms with Crippen LogP contribution >= 0.6 is 0 Å². The van der Waals surface area contributed by atoms with E-state index in [0.29, 0.717) is 5.56 Å². The van der Waals surface area contributed by atoms with Crippen LogP contribution in [-0.4, -0.2) is 47.2 Å². The molecule has 0 unspecified atom stereocenters. The zero-order valence-electron chi connectivity index (χ0n) is 21.7. The first-order valence-electron chi connectivity index (χ1n) is 11.8. The van der Waals surface area contributed by atoms with E-state index in [1.807, 2.05) is 0 Å². The number of hydrogen-bond acceptors (Lipinski definition) is 4. The number of amides is 1. The number of halogens is 6. The summed E-state index contributed by atoms with van der Waals surface area (Å²) < 4.78 is 91.3. The first-order valence-corrected chi connectivity index (χ1v) is 11.8. The fourth-order valence-electron chi connectivity index (χ4n) is 4.19. The summed E-state index contributed by atoms with van der Waals surface area (Å²) in [6.45, 7) is 4.05. The zero-order valence-corrected chi connectivity index (χ0v) is 21.7. The SMILES string of the molecule is Cc1c(-c2ccc(OC(F)(F)F)cc2)c(OC(=O)N(C)CC(C)(C)CO)n(Cc2ccccc2)c1C(F)(F)F. The monoisotopic (exact) mass is 558 g/mol. The topological polar surface area (TPSA) is 63.9 Å². The van der Waals surface area contributed by atoms with Crippen LogP contribution in [0.5, 0.6) is 11.6 Å². The predicted octanol–water partition coefficient (Wildman–Crippen LogP) is 6.88. The molecule has 1 amide bonds. The largest absolute Gasteiger partial charge is 0.573 e. The molecule has 0 radical (unpaired) electrons. The maximum atomic E-state index is 14.4. The molecule has 3 rings (SSSR count). The summed E-state index contributed by atoms with van der Waals surface area (Å²) in [5, 5.41) is 9.55. The summed E-state index contributed by atoms with van der Waals surface area (Å²) in [4.78, 5) is 14.2. The molecule has 0 atom stereocenters. The zero-order chi connectivity index (χ0) is 29.2. The van der Waals surface area contributed by atoms with E-state index in [9.17, 15) is 36.2 Å². The van der Waals surface area contributed by atoms with Gasteiger partial charge < -0.3 is 24.0 Å². The summed E-state index contributed by atoms with van der Waals surface area (Å²) in [5.41, 5.74) is -1.60. The molecule has 0 aliphatic heterocycles. The number of carbonyl (C=O) groups is 1. The van der Waals surface area contributed by atoms with Crippen molar-refractivity contribution in [3.05, 3.63) is 71.4 Å². The third-order valence-electron chi connectivity index (χ3n) is 5.88. The van der Waals surface area contributed by atoms with Crippen LogP contribution in [0.4, 0.5) is 31.1 Å². The van der Waals surface area contributed by atoms with Gasteiger partial charge in [0, 0.05) is 31.2 Å². The fourth-order valence-corrected chi connectivity index (χ4v) is 4.19. The van der Waals surface area contributed by atoms with Gasteiger partial charge in [0.25, 0.3) is 0 Å². The van der Waals surface area contributed by atoms with E-state index in [2.05, 4.69) is 4.74 Å². The molecule has 0 saturated carbocycles. The Balaban J connectivity index is 2.18. The van der Waals surface area contributed by atoms with Gasteiger partial charge in [-0.05, 0) is 35.7 Å². The van der Waals surface area contributed by atoms with Gasteiger partial charge in [0.2, 0.25) is 5.88 Å². The van der Waals surface area contributed by atoms with Gasteiger partial charge in [-0.3, -0.25) is 0 Å². The van der Waals surface area contributed by atoms with Gasteiger partial charge in [-0.15, -0.1) is 13.2 Å². The quantitative estimate of drug-likeness (QED) is 0.306. The highest BCUT2D eigenvalue weighted by molar-refractivity contribution is 5.80. The van der Waals surface area contributed by atoms with Crippen molar-refractivity contribution in [1.29, 1.82) is 0 Å². The summed E-state index contributed by atoms with van der Waals surface area (Å²) in [6.07, 6.45) is -10.8. The Labute approximate surface area is 221 Å². The lowest BCUT2D eigenvalue weighted by molar-refractivity contribution is -0.274. The van der Waals surface area contributed by atoms with Crippen LogP contribution in [0.25, 0.3) is 11.1 Å². The molecule has 12 heteroatoms. The smallest absolute Gasteiger partial charge is 0.406 e. The van der Waals surface area contributed by atoms with Gasteiger partial charge in [0.15, 0.2) is 0 Å². The Morgan fingerprint density at radius 3 is 2.08 bits per heavy atom. The van der Waals surface area contributed by atoms with E-state index in [1.165, 1.54) is 14.0 Å². The molecule has 1 N–H and O–H groups in total. The maximum absolute atomic E-state index is 14.4. The van der Waals surface area contributed by atoms with Crippen molar-refractivity contribution in [3.63, 3.8) is 0 Å². The van der Waals surface area contributed by atoms with Crippen LogP contribution in [-0.2, 0) is 12.7 Å². The second-order valence-corrected chi connectivity index (χ2v) is 9.84. The van der Waals surface area contributed by atoms with Crippen molar-refractivity contribution in [2.24, 2.45) is 5.41 Å². The van der Waals surface area contributed by atoms with Crippen molar-refractivity contribution < 1.29 is 45.7 Å². The molecular formula is C27H28F6N2O4. The van der Waals surface area contributed by atoms with Crippen LogP contribution < -0.4 is 9.47 Å². The molecule has 212 valence electrons. The first kappa shape index (κ1) is 29.9. The van der Waals surface area contributed by atoms with Gasteiger partial charge in [0.05, 0.1) is 6.54 Å². The number of aliphatic hydroxyl groups is 1.